The zero-order valence-electron chi connectivity index (χ0n) is 15.6. The number of fused-ring (bicyclic) bond motifs is 1. The Labute approximate surface area is 160 Å². The largest absolute Gasteiger partial charge is 0.399 e. The summed E-state index contributed by atoms with van der Waals surface area (Å²) in [5.74, 6) is 1.52. The number of hydrogen-bond donors (Lipinski definition) is 2. The van der Waals surface area contributed by atoms with Crippen molar-refractivity contribution in [2.75, 3.05) is 5.73 Å². The van der Waals surface area contributed by atoms with Crippen LogP contribution < -0.4 is 5.73 Å². The molecule has 4 heteroatoms. The third-order valence-corrected chi connectivity index (χ3v) is 6.58. The summed E-state index contributed by atoms with van der Waals surface area (Å²) in [6.45, 7) is 0. The minimum Gasteiger partial charge on any atom is -0.399 e. The summed E-state index contributed by atoms with van der Waals surface area (Å²) in [7, 11) is 0. The standard InChI is InChI=1S/C23H27N3O/c24-19-9-7-16(8-10-19)15-1-5-18(6-2-15)23(27)22-21(17-3-4-17)12-11-20-13-25-14-26(20)22/h7-15,17-18,23,27H,1-6,24H2/t15-,18-,23-/m0/s1. The van der Waals surface area contributed by atoms with Gasteiger partial charge in [-0.05, 0) is 85.6 Å². The monoisotopic (exact) mass is 361 g/mol. The first-order valence-electron chi connectivity index (χ1n) is 10.2. The number of aromatic nitrogens is 2. The smallest absolute Gasteiger partial charge is 0.0995 e. The van der Waals surface area contributed by atoms with Crippen LogP contribution in [-0.2, 0) is 0 Å². The molecule has 0 radical (unpaired) electrons. The SMILES string of the molecule is Nc1ccc([C@H]2CC[C@H]([C@H](O)c3c(C4CC4)ccc4cncn34)CC2)cc1. The van der Waals surface area contributed by atoms with Crippen LogP contribution in [0.15, 0.2) is 48.9 Å². The van der Waals surface area contributed by atoms with Crippen LogP contribution >= 0.6 is 0 Å². The molecule has 0 amide bonds. The van der Waals surface area contributed by atoms with E-state index in [-0.39, 0.29) is 0 Å². The summed E-state index contributed by atoms with van der Waals surface area (Å²) in [4.78, 5) is 4.31. The number of pyridine rings is 1. The van der Waals surface area contributed by atoms with E-state index in [0.717, 1.165) is 42.6 Å². The third-order valence-electron chi connectivity index (χ3n) is 6.58. The lowest BCUT2D eigenvalue weighted by Crippen LogP contribution is -2.22. The van der Waals surface area contributed by atoms with Gasteiger partial charge in [-0.1, -0.05) is 18.2 Å². The molecule has 0 unspecified atom stereocenters. The number of rotatable bonds is 4. The fraction of sp³-hybridized carbons (Fsp3) is 0.435. The molecule has 2 aliphatic rings. The number of aliphatic hydroxyl groups is 1. The van der Waals surface area contributed by atoms with E-state index < -0.39 is 6.10 Å². The molecule has 2 fully saturated rings. The molecular weight excluding hydrogens is 334 g/mol. The third kappa shape index (κ3) is 3.12. The Bertz CT molecular complexity index is 934. The summed E-state index contributed by atoms with van der Waals surface area (Å²) in [5.41, 5.74) is 11.5. The summed E-state index contributed by atoms with van der Waals surface area (Å²) in [5, 5.41) is 11.3. The zero-order valence-corrected chi connectivity index (χ0v) is 15.6. The second kappa shape index (κ2) is 6.68. The second-order valence-electron chi connectivity index (χ2n) is 8.36. The molecule has 3 N–H and O–H groups in total. The van der Waals surface area contributed by atoms with Crippen LogP contribution in [0.3, 0.4) is 0 Å². The number of benzene rings is 1. The van der Waals surface area contributed by atoms with E-state index in [4.69, 9.17) is 5.73 Å². The lowest BCUT2D eigenvalue weighted by molar-refractivity contribution is 0.0754. The lowest BCUT2D eigenvalue weighted by atomic mass is 9.75. The number of nitrogens with two attached hydrogens (primary N) is 1. The zero-order chi connectivity index (χ0) is 18.4. The van der Waals surface area contributed by atoms with E-state index in [0.29, 0.717) is 17.8 Å². The molecule has 140 valence electrons. The van der Waals surface area contributed by atoms with Gasteiger partial charge in [-0.25, -0.2) is 4.98 Å². The Morgan fingerprint density at radius 3 is 2.33 bits per heavy atom. The number of imidazole rings is 1. The highest BCUT2D eigenvalue weighted by molar-refractivity contribution is 5.50. The molecule has 3 aromatic rings. The Morgan fingerprint density at radius 2 is 1.63 bits per heavy atom. The van der Waals surface area contributed by atoms with Gasteiger partial charge in [0.25, 0.3) is 0 Å². The molecule has 1 atom stereocenters. The number of nitrogens with zero attached hydrogens (tertiary/aromatic N) is 2. The van der Waals surface area contributed by atoms with Crippen LogP contribution in [0.5, 0.6) is 0 Å². The topological polar surface area (TPSA) is 63.5 Å². The molecule has 27 heavy (non-hydrogen) atoms. The highest BCUT2D eigenvalue weighted by atomic mass is 16.3. The van der Waals surface area contributed by atoms with Crippen molar-refractivity contribution in [3.63, 3.8) is 0 Å². The molecule has 5 rings (SSSR count). The van der Waals surface area contributed by atoms with Crippen molar-refractivity contribution in [3.8, 4) is 0 Å². The fourth-order valence-electron chi connectivity index (χ4n) is 4.84. The van der Waals surface area contributed by atoms with Crippen molar-refractivity contribution in [3.05, 3.63) is 65.7 Å². The molecule has 1 aromatic carbocycles. The minimum atomic E-state index is -0.411. The maximum absolute atomic E-state index is 11.3. The second-order valence-corrected chi connectivity index (χ2v) is 8.36. The van der Waals surface area contributed by atoms with Crippen LogP contribution in [-0.4, -0.2) is 14.5 Å². The summed E-state index contributed by atoms with van der Waals surface area (Å²) >= 11 is 0. The van der Waals surface area contributed by atoms with Crippen molar-refractivity contribution in [1.82, 2.24) is 9.38 Å². The average Bonchev–Trinajstić information content (AvgIpc) is 3.44. The van der Waals surface area contributed by atoms with Gasteiger partial charge in [0.1, 0.15) is 0 Å². The molecule has 0 aliphatic heterocycles. The Kier molecular flexibility index (Phi) is 4.16. The van der Waals surface area contributed by atoms with E-state index in [9.17, 15) is 5.11 Å². The minimum absolute atomic E-state index is 0.320. The molecule has 0 spiro atoms. The van der Waals surface area contributed by atoms with Gasteiger partial charge in [-0.15, -0.1) is 0 Å². The van der Waals surface area contributed by atoms with Crippen LogP contribution in [0.2, 0.25) is 0 Å². The summed E-state index contributed by atoms with van der Waals surface area (Å²) in [6, 6.07) is 12.7. The van der Waals surface area contributed by atoms with E-state index in [1.165, 1.54) is 24.0 Å². The molecule has 2 saturated carbocycles. The van der Waals surface area contributed by atoms with Gasteiger partial charge in [0.15, 0.2) is 0 Å². The Balaban J connectivity index is 1.37. The predicted octanol–water partition coefficient (Wildman–Crippen LogP) is 4.80. The van der Waals surface area contributed by atoms with Gasteiger partial charge in [0, 0.05) is 5.69 Å². The van der Waals surface area contributed by atoms with Crippen molar-refractivity contribution < 1.29 is 5.11 Å². The van der Waals surface area contributed by atoms with Gasteiger partial charge >= 0.3 is 0 Å². The number of aliphatic hydroxyl groups excluding tert-OH is 1. The van der Waals surface area contributed by atoms with Crippen molar-refractivity contribution in [2.45, 2.75) is 56.5 Å². The van der Waals surface area contributed by atoms with Crippen LogP contribution in [0.25, 0.3) is 5.52 Å². The maximum atomic E-state index is 11.3. The predicted molar refractivity (Wildman–Crippen MR) is 108 cm³/mol. The van der Waals surface area contributed by atoms with Crippen LogP contribution in [0, 0.1) is 5.92 Å². The molecule has 0 bridgehead atoms. The average molecular weight is 361 g/mol. The quantitative estimate of drug-likeness (QED) is 0.656. The first kappa shape index (κ1) is 16.8. The van der Waals surface area contributed by atoms with E-state index in [1.54, 1.807) is 0 Å². The van der Waals surface area contributed by atoms with Gasteiger partial charge in [-0.2, -0.15) is 0 Å². The number of anilines is 1. The van der Waals surface area contributed by atoms with Gasteiger partial charge < -0.3 is 15.2 Å². The first-order valence-corrected chi connectivity index (χ1v) is 10.2. The fourth-order valence-corrected chi connectivity index (χ4v) is 4.84. The summed E-state index contributed by atoms with van der Waals surface area (Å²) in [6.07, 6.45) is 10.2. The van der Waals surface area contributed by atoms with Crippen molar-refractivity contribution in [2.24, 2.45) is 5.92 Å². The lowest BCUT2D eigenvalue weighted by Gasteiger charge is -2.33. The Morgan fingerprint density at radius 1 is 0.926 bits per heavy atom. The molecule has 0 saturated heterocycles. The first-order chi connectivity index (χ1) is 13.2. The summed E-state index contributed by atoms with van der Waals surface area (Å²) < 4.78 is 2.12. The highest BCUT2D eigenvalue weighted by Gasteiger charge is 2.34. The highest BCUT2D eigenvalue weighted by Crippen LogP contribution is 2.47. The molecule has 2 aromatic heterocycles. The molecule has 2 heterocycles. The normalized spacial score (nSPS) is 24.2. The molecule has 4 nitrogen and oxygen atoms in total. The molecular formula is C23H27N3O. The molecule has 2 aliphatic carbocycles. The van der Waals surface area contributed by atoms with Gasteiger partial charge in [-0.3, -0.25) is 0 Å². The number of hydrogen-bond acceptors (Lipinski definition) is 3. The van der Waals surface area contributed by atoms with E-state index in [2.05, 4.69) is 33.7 Å². The maximum Gasteiger partial charge on any atom is 0.0995 e. The van der Waals surface area contributed by atoms with Crippen LogP contribution in [0.4, 0.5) is 5.69 Å². The van der Waals surface area contributed by atoms with E-state index >= 15 is 0 Å². The van der Waals surface area contributed by atoms with Gasteiger partial charge in [0.2, 0.25) is 0 Å². The van der Waals surface area contributed by atoms with E-state index in [1.807, 2.05) is 24.7 Å². The van der Waals surface area contributed by atoms with Crippen LogP contribution in [0.1, 0.15) is 73.3 Å². The van der Waals surface area contributed by atoms with Gasteiger partial charge in [0.05, 0.1) is 29.8 Å². The van der Waals surface area contributed by atoms with Crippen molar-refractivity contribution >= 4 is 11.2 Å². The van der Waals surface area contributed by atoms with Crippen molar-refractivity contribution in [1.29, 1.82) is 0 Å². The number of nitrogen functional groups attached to an aromatic ring is 1. The Hall–Kier alpha value is -2.33.